The van der Waals surface area contributed by atoms with Crippen LogP contribution in [0.1, 0.15) is 22.9 Å². The van der Waals surface area contributed by atoms with Crippen molar-refractivity contribution in [1.82, 2.24) is 14.8 Å². The van der Waals surface area contributed by atoms with Crippen molar-refractivity contribution in [3.05, 3.63) is 44.9 Å². The molecule has 0 amide bonds. The highest BCUT2D eigenvalue weighted by Crippen LogP contribution is 2.28. The lowest BCUT2D eigenvalue weighted by atomic mass is 10.0. The van der Waals surface area contributed by atoms with E-state index in [1.54, 1.807) is 24.1 Å². The molecule has 0 saturated carbocycles. The number of aryl methyl sites for hydroxylation is 2. The molecule has 0 aliphatic carbocycles. The van der Waals surface area contributed by atoms with E-state index < -0.39 is 6.10 Å². The van der Waals surface area contributed by atoms with Crippen molar-refractivity contribution in [3.63, 3.8) is 0 Å². The van der Waals surface area contributed by atoms with Crippen LogP contribution in [0.2, 0.25) is 5.15 Å². The van der Waals surface area contributed by atoms with E-state index in [4.69, 9.17) is 11.6 Å². The molecule has 18 heavy (non-hydrogen) atoms. The zero-order valence-electron chi connectivity index (χ0n) is 10.1. The summed E-state index contributed by atoms with van der Waals surface area (Å²) in [5.41, 5.74) is 2.37. The van der Waals surface area contributed by atoms with Crippen LogP contribution in [0.5, 0.6) is 0 Å². The predicted octanol–water partition coefficient (Wildman–Crippen LogP) is 2.82. The number of rotatable bonds is 3. The molecule has 0 bridgehead atoms. The highest BCUT2D eigenvalue weighted by atomic mass is 79.9. The lowest BCUT2D eigenvalue weighted by Gasteiger charge is -2.10. The summed E-state index contributed by atoms with van der Waals surface area (Å²) in [7, 11) is 1.76. The Kier molecular flexibility index (Phi) is 4.04. The first-order chi connectivity index (χ1) is 8.49. The van der Waals surface area contributed by atoms with Crippen LogP contribution in [0.15, 0.2) is 22.9 Å². The van der Waals surface area contributed by atoms with Gasteiger partial charge in [0.05, 0.1) is 11.8 Å². The summed E-state index contributed by atoms with van der Waals surface area (Å²) < 4.78 is 2.45. The number of aromatic nitrogens is 3. The SMILES string of the molecule is Cc1nn(C)c(Cl)c1C(O)Cc1cncc(Br)c1. The third kappa shape index (κ3) is 2.74. The molecule has 0 aromatic carbocycles. The molecule has 2 heterocycles. The molecule has 96 valence electrons. The molecule has 0 saturated heterocycles. The molecule has 0 aliphatic heterocycles. The van der Waals surface area contributed by atoms with Gasteiger partial charge in [0.25, 0.3) is 0 Å². The minimum absolute atomic E-state index is 0.457. The van der Waals surface area contributed by atoms with Gasteiger partial charge in [0.1, 0.15) is 5.15 Å². The summed E-state index contributed by atoms with van der Waals surface area (Å²) in [5, 5.41) is 14.9. The van der Waals surface area contributed by atoms with Gasteiger partial charge in [0, 0.05) is 35.9 Å². The number of hydrogen-bond acceptors (Lipinski definition) is 3. The molecular weight excluding hydrogens is 318 g/mol. The Labute approximate surface area is 119 Å². The third-order valence-electron chi connectivity index (χ3n) is 2.72. The fourth-order valence-electron chi connectivity index (χ4n) is 1.92. The fourth-order valence-corrected chi connectivity index (χ4v) is 2.63. The average molecular weight is 331 g/mol. The maximum absolute atomic E-state index is 10.3. The maximum atomic E-state index is 10.3. The summed E-state index contributed by atoms with van der Waals surface area (Å²) in [6.07, 6.45) is 3.21. The van der Waals surface area contributed by atoms with E-state index in [1.807, 2.05) is 13.0 Å². The molecule has 0 fully saturated rings. The minimum Gasteiger partial charge on any atom is -0.388 e. The Balaban J connectivity index is 2.24. The summed E-state index contributed by atoms with van der Waals surface area (Å²) >= 11 is 9.48. The van der Waals surface area contributed by atoms with Crippen LogP contribution >= 0.6 is 27.5 Å². The van der Waals surface area contributed by atoms with E-state index in [1.165, 1.54) is 0 Å². The summed E-state index contributed by atoms with van der Waals surface area (Å²) in [5.74, 6) is 0. The molecule has 2 aromatic heterocycles. The van der Waals surface area contributed by atoms with Gasteiger partial charge in [-0.05, 0) is 34.5 Å². The van der Waals surface area contributed by atoms with Gasteiger partial charge in [0.2, 0.25) is 0 Å². The Morgan fingerprint density at radius 3 is 2.78 bits per heavy atom. The standard InChI is InChI=1S/C12H13BrClN3O/c1-7-11(12(14)17(2)16-7)10(18)4-8-3-9(13)6-15-5-8/h3,5-6,10,18H,4H2,1-2H3. The van der Waals surface area contributed by atoms with Gasteiger partial charge >= 0.3 is 0 Å². The number of hydrogen-bond donors (Lipinski definition) is 1. The van der Waals surface area contributed by atoms with Gasteiger partial charge in [-0.2, -0.15) is 5.10 Å². The number of aliphatic hydroxyl groups excluding tert-OH is 1. The third-order valence-corrected chi connectivity index (χ3v) is 3.60. The molecule has 2 aromatic rings. The van der Waals surface area contributed by atoms with Gasteiger partial charge < -0.3 is 5.11 Å². The lowest BCUT2D eigenvalue weighted by molar-refractivity contribution is 0.177. The molecular formula is C12H13BrClN3O. The molecule has 0 radical (unpaired) electrons. The van der Waals surface area contributed by atoms with Crippen LogP contribution in [-0.4, -0.2) is 19.9 Å². The van der Waals surface area contributed by atoms with Crippen molar-refractivity contribution in [2.24, 2.45) is 7.05 Å². The van der Waals surface area contributed by atoms with Gasteiger partial charge in [-0.3, -0.25) is 9.67 Å². The number of nitrogens with zero attached hydrogens (tertiary/aromatic N) is 3. The van der Waals surface area contributed by atoms with Crippen LogP contribution in [0.3, 0.4) is 0 Å². The van der Waals surface area contributed by atoms with Crippen molar-refractivity contribution in [1.29, 1.82) is 0 Å². The predicted molar refractivity (Wildman–Crippen MR) is 73.6 cm³/mol. The van der Waals surface area contributed by atoms with Gasteiger partial charge in [-0.25, -0.2) is 0 Å². The highest BCUT2D eigenvalue weighted by molar-refractivity contribution is 9.10. The molecule has 6 heteroatoms. The second kappa shape index (κ2) is 5.38. The first-order valence-corrected chi connectivity index (χ1v) is 6.62. The average Bonchev–Trinajstić information content (AvgIpc) is 2.53. The Morgan fingerprint density at radius 2 is 2.22 bits per heavy atom. The number of pyridine rings is 1. The van der Waals surface area contributed by atoms with Crippen molar-refractivity contribution in [2.75, 3.05) is 0 Å². The van der Waals surface area contributed by atoms with Crippen LogP contribution in [-0.2, 0) is 13.5 Å². The molecule has 1 unspecified atom stereocenters. The van der Waals surface area contributed by atoms with Gasteiger partial charge in [-0.15, -0.1) is 0 Å². The van der Waals surface area contributed by atoms with Gasteiger partial charge in [0.15, 0.2) is 0 Å². The summed E-state index contributed by atoms with van der Waals surface area (Å²) in [6, 6.07) is 1.93. The monoisotopic (exact) mass is 329 g/mol. The quantitative estimate of drug-likeness (QED) is 0.941. The largest absolute Gasteiger partial charge is 0.388 e. The first-order valence-electron chi connectivity index (χ1n) is 5.45. The van der Waals surface area contributed by atoms with E-state index >= 15 is 0 Å². The maximum Gasteiger partial charge on any atom is 0.132 e. The summed E-state index contributed by atoms with van der Waals surface area (Å²) in [4.78, 5) is 4.07. The lowest BCUT2D eigenvalue weighted by Crippen LogP contribution is -2.03. The summed E-state index contributed by atoms with van der Waals surface area (Å²) in [6.45, 7) is 1.84. The Hall–Kier alpha value is -0.910. The van der Waals surface area contributed by atoms with Crippen molar-refractivity contribution < 1.29 is 5.11 Å². The fraction of sp³-hybridized carbons (Fsp3) is 0.333. The topological polar surface area (TPSA) is 50.9 Å². The molecule has 0 spiro atoms. The van der Waals surface area contributed by atoms with E-state index in [9.17, 15) is 5.11 Å². The Morgan fingerprint density at radius 1 is 1.50 bits per heavy atom. The molecule has 4 nitrogen and oxygen atoms in total. The first kappa shape index (κ1) is 13.5. The van der Waals surface area contributed by atoms with Crippen molar-refractivity contribution in [3.8, 4) is 0 Å². The Bertz CT molecular complexity index is 570. The molecule has 0 aliphatic rings. The van der Waals surface area contributed by atoms with E-state index in [0.29, 0.717) is 17.1 Å². The molecule has 1 atom stereocenters. The van der Waals surface area contributed by atoms with Crippen LogP contribution in [0, 0.1) is 6.92 Å². The zero-order valence-corrected chi connectivity index (χ0v) is 12.4. The van der Waals surface area contributed by atoms with Crippen LogP contribution < -0.4 is 0 Å². The van der Waals surface area contributed by atoms with Crippen molar-refractivity contribution >= 4 is 27.5 Å². The minimum atomic E-state index is -0.678. The normalized spacial score (nSPS) is 12.7. The van der Waals surface area contributed by atoms with Crippen LogP contribution in [0.4, 0.5) is 0 Å². The van der Waals surface area contributed by atoms with E-state index in [-0.39, 0.29) is 0 Å². The molecule has 2 rings (SSSR count). The molecule has 1 N–H and O–H groups in total. The second-order valence-electron chi connectivity index (χ2n) is 4.14. The number of halogens is 2. The smallest absolute Gasteiger partial charge is 0.132 e. The second-order valence-corrected chi connectivity index (χ2v) is 5.42. The van der Waals surface area contributed by atoms with Crippen molar-refractivity contribution in [2.45, 2.75) is 19.4 Å². The number of aliphatic hydroxyl groups is 1. The zero-order chi connectivity index (χ0) is 13.3. The van der Waals surface area contributed by atoms with Crippen LogP contribution in [0.25, 0.3) is 0 Å². The van der Waals surface area contributed by atoms with Gasteiger partial charge in [-0.1, -0.05) is 11.6 Å². The van der Waals surface area contributed by atoms with E-state index in [0.717, 1.165) is 15.7 Å². The highest BCUT2D eigenvalue weighted by Gasteiger charge is 2.19. The van der Waals surface area contributed by atoms with E-state index in [2.05, 4.69) is 26.0 Å².